The number of hydrogen-bond acceptors (Lipinski definition) is 3. The summed E-state index contributed by atoms with van der Waals surface area (Å²) in [5.41, 5.74) is 5.40. The molecule has 1 N–H and O–H groups in total. The minimum absolute atomic E-state index is 0.0222. The highest BCUT2D eigenvalue weighted by atomic mass is 16.1. The maximum absolute atomic E-state index is 12.2. The lowest BCUT2D eigenvalue weighted by Crippen LogP contribution is -2.24. The molecule has 0 radical (unpaired) electrons. The molecule has 2 aromatic heterocycles. The van der Waals surface area contributed by atoms with Gasteiger partial charge in [-0.25, -0.2) is 0 Å². The molecule has 24 heavy (non-hydrogen) atoms. The Balaban J connectivity index is 1.60. The van der Waals surface area contributed by atoms with Crippen LogP contribution in [0.3, 0.4) is 0 Å². The second kappa shape index (κ2) is 6.47. The number of carbonyl (C=O) groups is 1. The molecule has 1 amide bonds. The van der Waals surface area contributed by atoms with E-state index < -0.39 is 0 Å². The second-order valence-corrected chi connectivity index (χ2v) is 6.23. The molecule has 0 unspecified atom stereocenters. The van der Waals surface area contributed by atoms with Crippen LogP contribution in [0.5, 0.6) is 0 Å². The Morgan fingerprint density at radius 1 is 1.25 bits per heavy atom. The highest BCUT2D eigenvalue weighted by Gasteiger charge is 2.11. The SMILES string of the molecule is Cc1ccc2cnn(CCC(=O)NCc3c(C)nn(C)c3C)c2c1. The topological polar surface area (TPSA) is 64.7 Å². The van der Waals surface area contributed by atoms with Crippen molar-refractivity contribution in [2.45, 2.75) is 40.3 Å². The van der Waals surface area contributed by atoms with Crippen molar-refractivity contribution in [1.82, 2.24) is 24.9 Å². The van der Waals surface area contributed by atoms with Crippen molar-refractivity contribution >= 4 is 16.8 Å². The van der Waals surface area contributed by atoms with Crippen molar-refractivity contribution in [2.24, 2.45) is 7.05 Å². The molecule has 2 heterocycles. The van der Waals surface area contributed by atoms with Crippen molar-refractivity contribution in [2.75, 3.05) is 0 Å². The van der Waals surface area contributed by atoms with E-state index in [0.717, 1.165) is 27.9 Å². The van der Waals surface area contributed by atoms with Crippen LogP contribution in [0.15, 0.2) is 24.4 Å². The molecule has 0 saturated heterocycles. The number of carbonyl (C=O) groups excluding carboxylic acids is 1. The normalized spacial score (nSPS) is 11.2. The molecule has 6 nitrogen and oxygen atoms in total. The third-order valence-corrected chi connectivity index (χ3v) is 4.47. The molecule has 3 rings (SSSR count). The van der Waals surface area contributed by atoms with Crippen molar-refractivity contribution in [3.8, 4) is 0 Å². The molecule has 0 aliphatic carbocycles. The van der Waals surface area contributed by atoms with Gasteiger partial charge in [-0.15, -0.1) is 0 Å². The van der Waals surface area contributed by atoms with E-state index in [1.165, 1.54) is 5.56 Å². The highest BCUT2D eigenvalue weighted by molar-refractivity contribution is 5.80. The summed E-state index contributed by atoms with van der Waals surface area (Å²) < 4.78 is 3.73. The fourth-order valence-electron chi connectivity index (χ4n) is 2.91. The Morgan fingerprint density at radius 2 is 2.04 bits per heavy atom. The molecular formula is C18H23N5O. The summed E-state index contributed by atoms with van der Waals surface area (Å²) in [6, 6.07) is 6.23. The predicted octanol–water partition coefficient (Wildman–Crippen LogP) is 2.40. The molecule has 0 atom stereocenters. The Bertz CT molecular complexity index is 890. The van der Waals surface area contributed by atoms with Gasteiger partial charge in [0.05, 0.1) is 24.0 Å². The molecule has 3 aromatic rings. The van der Waals surface area contributed by atoms with Crippen molar-refractivity contribution < 1.29 is 4.79 Å². The Hall–Kier alpha value is -2.63. The molecule has 0 saturated carbocycles. The molecule has 0 aliphatic rings. The number of amides is 1. The standard InChI is InChI=1S/C18H23N5O/c1-12-5-6-15-10-20-23(17(15)9-12)8-7-18(24)19-11-16-13(2)21-22(4)14(16)3/h5-6,9-10H,7-8,11H2,1-4H3,(H,19,24). The van der Waals surface area contributed by atoms with Crippen LogP contribution < -0.4 is 5.32 Å². The summed E-state index contributed by atoms with van der Waals surface area (Å²) in [5, 5.41) is 12.8. The van der Waals surface area contributed by atoms with E-state index in [1.54, 1.807) is 0 Å². The lowest BCUT2D eigenvalue weighted by molar-refractivity contribution is -0.121. The van der Waals surface area contributed by atoms with Crippen LogP contribution in [0.4, 0.5) is 0 Å². The van der Waals surface area contributed by atoms with Crippen LogP contribution in [0, 0.1) is 20.8 Å². The average Bonchev–Trinajstić information content (AvgIpc) is 3.04. The summed E-state index contributed by atoms with van der Waals surface area (Å²) in [5.74, 6) is 0.0222. The summed E-state index contributed by atoms with van der Waals surface area (Å²) in [6.45, 7) is 7.13. The lowest BCUT2D eigenvalue weighted by atomic mass is 10.2. The Labute approximate surface area is 141 Å². The van der Waals surface area contributed by atoms with Gasteiger partial charge in [0.1, 0.15) is 0 Å². The third kappa shape index (κ3) is 3.18. The molecule has 126 valence electrons. The van der Waals surface area contributed by atoms with Crippen molar-refractivity contribution in [3.05, 3.63) is 46.9 Å². The molecule has 0 spiro atoms. The zero-order valence-corrected chi connectivity index (χ0v) is 14.6. The summed E-state index contributed by atoms with van der Waals surface area (Å²) in [7, 11) is 1.92. The van der Waals surface area contributed by atoms with Gasteiger partial charge in [-0.05, 0) is 32.4 Å². The van der Waals surface area contributed by atoms with E-state index in [9.17, 15) is 4.79 Å². The fourth-order valence-corrected chi connectivity index (χ4v) is 2.91. The van der Waals surface area contributed by atoms with E-state index in [4.69, 9.17) is 0 Å². The number of nitrogens with zero attached hydrogens (tertiary/aromatic N) is 4. The molecule has 1 aromatic carbocycles. The zero-order chi connectivity index (χ0) is 17.3. The second-order valence-electron chi connectivity index (χ2n) is 6.23. The van der Waals surface area contributed by atoms with Crippen LogP contribution >= 0.6 is 0 Å². The monoisotopic (exact) mass is 325 g/mol. The van der Waals surface area contributed by atoms with Crippen LogP contribution in [-0.4, -0.2) is 25.5 Å². The Morgan fingerprint density at radius 3 is 2.75 bits per heavy atom. The van der Waals surface area contributed by atoms with Crippen molar-refractivity contribution in [1.29, 1.82) is 0 Å². The summed E-state index contributed by atoms with van der Waals surface area (Å²) in [6.07, 6.45) is 2.25. The van der Waals surface area contributed by atoms with Crippen LogP contribution in [-0.2, 0) is 24.9 Å². The van der Waals surface area contributed by atoms with E-state index in [-0.39, 0.29) is 5.91 Å². The predicted molar refractivity (Wildman–Crippen MR) is 93.6 cm³/mol. The maximum Gasteiger partial charge on any atom is 0.222 e. The number of fused-ring (bicyclic) bond motifs is 1. The largest absolute Gasteiger partial charge is 0.352 e. The first-order valence-corrected chi connectivity index (χ1v) is 8.13. The number of hydrogen-bond donors (Lipinski definition) is 1. The zero-order valence-electron chi connectivity index (χ0n) is 14.6. The quantitative estimate of drug-likeness (QED) is 0.783. The fraction of sp³-hybridized carbons (Fsp3) is 0.389. The smallest absolute Gasteiger partial charge is 0.222 e. The minimum atomic E-state index is 0.0222. The van der Waals surface area contributed by atoms with E-state index >= 15 is 0 Å². The summed E-state index contributed by atoms with van der Waals surface area (Å²) >= 11 is 0. The summed E-state index contributed by atoms with van der Waals surface area (Å²) in [4.78, 5) is 12.2. The number of benzene rings is 1. The van der Waals surface area contributed by atoms with E-state index in [1.807, 2.05) is 36.5 Å². The van der Waals surface area contributed by atoms with Gasteiger partial charge in [0.2, 0.25) is 5.91 Å². The average molecular weight is 325 g/mol. The van der Waals surface area contributed by atoms with E-state index in [2.05, 4.69) is 40.6 Å². The van der Waals surface area contributed by atoms with Crippen LogP contribution in [0.1, 0.15) is 28.9 Å². The number of aryl methyl sites for hydroxylation is 4. The van der Waals surface area contributed by atoms with Gasteiger partial charge in [0, 0.05) is 36.7 Å². The van der Waals surface area contributed by atoms with Gasteiger partial charge in [-0.1, -0.05) is 12.1 Å². The molecule has 0 bridgehead atoms. The molecule has 6 heteroatoms. The Kier molecular flexibility index (Phi) is 4.38. The van der Waals surface area contributed by atoms with Gasteiger partial charge in [0.15, 0.2) is 0 Å². The first kappa shape index (κ1) is 16.2. The van der Waals surface area contributed by atoms with Crippen LogP contribution in [0.2, 0.25) is 0 Å². The van der Waals surface area contributed by atoms with E-state index in [0.29, 0.717) is 19.5 Å². The number of nitrogens with one attached hydrogen (secondary N) is 1. The van der Waals surface area contributed by atoms with Crippen LogP contribution in [0.25, 0.3) is 10.9 Å². The van der Waals surface area contributed by atoms with Gasteiger partial charge in [-0.2, -0.15) is 10.2 Å². The molecule has 0 aliphatic heterocycles. The highest BCUT2D eigenvalue weighted by Crippen LogP contribution is 2.16. The molecular weight excluding hydrogens is 302 g/mol. The minimum Gasteiger partial charge on any atom is -0.352 e. The number of aromatic nitrogens is 4. The number of rotatable bonds is 5. The van der Waals surface area contributed by atoms with Gasteiger partial charge in [-0.3, -0.25) is 14.2 Å². The first-order chi connectivity index (χ1) is 11.5. The maximum atomic E-state index is 12.2. The van der Waals surface area contributed by atoms with Crippen molar-refractivity contribution in [3.63, 3.8) is 0 Å². The van der Waals surface area contributed by atoms with Gasteiger partial charge >= 0.3 is 0 Å². The third-order valence-electron chi connectivity index (χ3n) is 4.47. The first-order valence-electron chi connectivity index (χ1n) is 8.13. The lowest BCUT2D eigenvalue weighted by Gasteiger charge is -2.07. The van der Waals surface area contributed by atoms with Gasteiger partial charge in [0.25, 0.3) is 0 Å². The van der Waals surface area contributed by atoms with Gasteiger partial charge < -0.3 is 5.32 Å². The molecule has 0 fully saturated rings.